The van der Waals surface area contributed by atoms with Crippen molar-refractivity contribution in [2.24, 2.45) is 23.5 Å². The standard InChI is InChI=1S/C14H26N2O/c1-10-4-2-6-12(10)9-16-14(17)11-5-3-7-13(15)8-11/h10-13H,2-9,15H2,1H3,(H,16,17). The normalized spacial score (nSPS) is 38.0. The van der Waals surface area contributed by atoms with Crippen molar-refractivity contribution in [1.82, 2.24) is 5.32 Å². The Bertz CT molecular complexity index is 267. The molecule has 0 bridgehead atoms. The first-order valence-corrected chi connectivity index (χ1v) is 7.20. The molecule has 0 saturated heterocycles. The molecular weight excluding hydrogens is 212 g/mol. The van der Waals surface area contributed by atoms with Crippen LogP contribution in [0.5, 0.6) is 0 Å². The monoisotopic (exact) mass is 238 g/mol. The molecule has 17 heavy (non-hydrogen) atoms. The number of hydrogen-bond donors (Lipinski definition) is 2. The van der Waals surface area contributed by atoms with E-state index in [1.165, 1.54) is 19.3 Å². The second-order valence-corrected chi connectivity index (χ2v) is 6.04. The molecule has 0 aromatic heterocycles. The van der Waals surface area contributed by atoms with Gasteiger partial charge in [-0.05, 0) is 37.5 Å². The Morgan fingerprint density at radius 3 is 2.65 bits per heavy atom. The van der Waals surface area contributed by atoms with Crippen LogP contribution in [0.2, 0.25) is 0 Å². The van der Waals surface area contributed by atoms with Crippen LogP contribution >= 0.6 is 0 Å². The number of rotatable bonds is 3. The summed E-state index contributed by atoms with van der Waals surface area (Å²) in [6, 6.07) is 0.241. The lowest BCUT2D eigenvalue weighted by Crippen LogP contribution is -2.39. The van der Waals surface area contributed by atoms with E-state index < -0.39 is 0 Å². The largest absolute Gasteiger partial charge is 0.356 e. The summed E-state index contributed by atoms with van der Waals surface area (Å²) in [5, 5.41) is 3.15. The molecule has 3 nitrogen and oxygen atoms in total. The maximum Gasteiger partial charge on any atom is 0.223 e. The predicted molar refractivity (Wildman–Crippen MR) is 69.4 cm³/mol. The first-order valence-electron chi connectivity index (χ1n) is 7.20. The highest BCUT2D eigenvalue weighted by Gasteiger charge is 2.27. The summed E-state index contributed by atoms with van der Waals surface area (Å²) >= 11 is 0. The van der Waals surface area contributed by atoms with Gasteiger partial charge in [0.1, 0.15) is 0 Å². The molecule has 0 aliphatic heterocycles. The summed E-state index contributed by atoms with van der Waals surface area (Å²) in [7, 11) is 0. The third-order valence-corrected chi connectivity index (χ3v) is 4.66. The fourth-order valence-electron chi connectivity index (χ4n) is 3.37. The van der Waals surface area contributed by atoms with Crippen molar-refractivity contribution in [2.45, 2.75) is 57.9 Å². The molecule has 4 atom stereocenters. The molecule has 0 heterocycles. The minimum Gasteiger partial charge on any atom is -0.356 e. The van der Waals surface area contributed by atoms with E-state index >= 15 is 0 Å². The van der Waals surface area contributed by atoms with Gasteiger partial charge in [0.2, 0.25) is 5.91 Å². The molecule has 3 N–H and O–H groups in total. The van der Waals surface area contributed by atoms with Gasteiger partial charge >= 0.3 is 0 Å². The van der Waals surface area contributed by atoms with E-state index in [0.29, 0.717) is 5.92 Å². The van der Waals surface area contributed by atoms with Crippen molar-refractivity contribution in [2.75, 3.05) is 6.54 Å². The topological polar surface area (TPSA) is 55.1 Å². The van der Waals surface area contributed by atoms with Crippen LogP contribution < -0.4 is 11.1 Å². The third kappa shape index (κ3) is 3.44. The minimum absolute atomic E-state index is 0.176. The zero-order valence-electron chi connectivity index (χ0n) is 11.0. The van der Waals surface area contributed by atoms with E-state index in [9.17, 15) is 4.79 Å². The molecule has 2 aliphatic carbocycles. The Labute approximate surface area is 105 Å². The molecule has 2 rings (SSSR count). The van der Waals surface area contributed by atoms with Gasteiger partial charge in [0, 0.05) is 18.5 Å². The van der Waals surface area contributed by atoms with E-state index in [1.54, 1.807) is 0 Å². The molecule has 98 valence electrons. The summed E-state index contributed by atoms with van der Waals surface area (Å²) < 4.78 is 0. The van der Waals surface area contributed by atoms with Crippen molar-refractivity contribution in [3.63, 3.8) is 0 Å². The maximum absolute atomic E-state index is 12.0. The number of nitrogens with two attached hydrogens (primary N) is 1. The van der Waals surface area contributed by atoms with Gasteiger partial charge in [0.15, 0.2) is 0 Å². The summed E-state index contributed by atoms with van der Waals surface area (Å²) in [5.74, 6) is 1.91. The first kappa shape index (κ1) is 12.9. The maximum atomic E-state index is 12.0. The van der Waals surface area contributed by atoms with Crippen LogP contribution in [-0.2, 0) is 4.79 Å². The van der Waals surface area contributed by atoms with E-state index in [0.717, 1.165) is 38.1 Å². The van der Waals surface area contributed by atoms with Crippen molar-refractivity contribution in [3.05, 3.63) is 0 Å². The van der Waals surface area contributed by atoms with Gasteiger partial charge in [-0.1, -0.05) is 26.2 Å². The smallest absolute Gasteiger partial charge is 0.223 e. The van der Waals surface area contributed by atoms with Gasteiger partial charge in [-0.15, -0.1) is 0 Å². The Morgan fingerprint density at radius 2 is 2.00 bits per heavy atom. The summed E-state index contributed by atoms with van der Waals surface area (Å²) in [5.41, 5.74) is 5.92. The number of carbonyl (C=O) groups excluding carboxylic acids is 1. The molecule has 4 unspecified atom stereocenters. The first-order chi connectivity index (χ1) is 8.16. The molecule has 1 amide bonds. The second-order valence-electron chi connectivity index (χ2n) is 6.04. The van der Waals surface area contributed by atoms with Crippen LogP contribution in [-0.4, -0.2) is 18.5 Å². The Hall–Kier alpha value is -0.570. The zero-order valence-corrected chi connectivity index (χ0v) is 11.0. The van der Waals surface area contributed by atoms with Crippen molar-refractivity contribution >= 4 is 5.91 Å². The van der Waals surface area contributed by atoms with Crippen molar-refractivity contribution in [1.29, 1.82) is 0 Å². The molecule has 2 fully saturated rings. The van der Waals surface area contributed by atoms with Gasteiger partial charge in [-0.3, -0.25) is 4.79 Å². The molecule has 2 aliphatic rings. The summed E-state index contributed by atoms with van der Waals surface area (Å²) in [6.07, 6.45) is 8.05. The highest BCUT2D eigenvalue weighted by molar-refractivity contribution is 5.78. The number of carbonyl (C=O) groups is 1. The molecule has 0 aromatic carbocycles. The average molecular weight is 238 g/mol. The highest BCUT2D eigenvalue weighted by Crippen LogP contribution is 2.30. The highest BCUT2D eigenvalue weighted by atomic mass is 16.1. The Morgan fingerprint density at radius 1 is 1.24 bits per heavy atom. The molecule has 0 radical (unpaired) electrons. The molecule has 0 aromatic rings. The van der Waals surface area contributed by atoms with Crippen LogP contribution in [0.3, 0.4) is 0 Å². The lowest BCUT2D eigenvalue weighted by molar-refractivity contribution is -0.126. The second kappa shape index (κ2) is 5.85. The van der Waals surface area contributed by atoms with E-state index in [-0.39, 0.29) is 17.9 Å². The lowest BCUT2D eigenvalue weighted by Gasteiger charge is -2.26. The van der Waals surface area contributed by atoms with Crippen LogP contribution in [0.4, 0.5) is 0 Å². The number of nitrogens with one attached hydrogen (secondary N) is 1. The van der Waals surface area contributed by atoms with E-state index in [2.05, 4.69) is 12.2 Å². The molecule has 3 heteroatoms. The van der Waals surface area contributed by atoms with Crippen LogP contribution in [0.25, 0.3) is 0 Å². The quantitative estimate of drug-likeness (QED) is 0.790. The summed E-state index contributed by atoms with van der Waals surface area (Å²) in [4.78, 5) is 12.0. The van der Waals surface area contributed by atoms with Gasteiger partial charge in [0.25, 0.3) is 0 Å². The van der Waals surface area contributed by atoms with Crippen LogP contribution in [0.1, 0.15) is 51.9 Å². The average Bonchev–Trinajstić information content (AvgIpc) is 2.72. The minimum atomic E-state index is 0.176. The molecule has 2 saturated carbocycles. The van der Waals surface area contributed by atoms with Gasteiger partial charge in [0.05, 0.1) is 0 Å². The molecular formula is C14H26N2O. The lowest BCUT2D eigenvalue weighted by atomic mass is 9.85. The van der Waals surface area contributed by atoms with Gasteiger partial charge in [-0.2, -0.15) is 0 Å². The SMILES string of the molecule is CC1CCCC1CNC(=O)C1CCCC(N)C1. The zero-order chi connectivity index (χ0) is 12.3. The fourth-order valence-corrected chi connectivity index (χ4v) is 3.37. The summed E-state index contributed by atoms with van der Waals surface area (Å²) in [6.45, 7) is 3.19. The van der Waals surface area contributed by atoms with Crippen molar-refractivity contribution in [3.8, 4) is 0 Å². The number of amides is 1. The van der Waals surface area contributed by atoms with Crippen molar-refractivity contribution < 1.29 is 4.79 Å². The Kier molecular flexibility index (Phi) is 4.43. The van der Waals surface area contributed by atoms with E-state index in [4.69, 9.17) is 5.73 Å². The number of hydrogen-bond acceptors (Lipinski definition) is 2. The van der Waals surface area contributed by atoms with Gasteiger partial charge in [-0.25, -0.2) is 0 Å². The Balaban J connectivity index is 1.73. The van der Waals surface area contributed by atoms with Crippen LogP contribution in [0.15, 0.2) is 0 Å². The third-order valence-electron chi connectivity index (χ3n) is 4.66. The van der Waals surface area contributed by atoms with Gasteiger partial charge < -0.3 is 11.1 Å². The van der Waals surface area contributed by atoms with Crippen LogP contribution in [0, 0.1) is 17.8 Å². The van der Waals surface area contributed by atoms with E-state index in [1.807, 2.05) is 0 Å². The predicted octanol–water partition coefficient (Wildman–Crippen LogP) is 2.06. The molecule has 0 spiro atoms. The fraction of sp³-hybridized carbons (Fsp3) is 0.929.